The van der Waals surface area contributed by atoms with Crippen molar-refractivity contribution in [3.05, 3.63) is 41.6 Å². The predicted molar refractivity (Wildman–Crippen MR) is 117 cm³/mol. The Labute approximate surface area is 185 Å². The van der Waals surface area contributed by atoms with Gasteiger partial charge in [0, 0.05) is 44.0 Å². The minimum atomic E-state index is -2.94. The van der Waals surface area contributed by atoms with Crippen LogP contribution in [0.4, 0.5) is 14.6 Å². The first-order chi connectivity index (χ1) is 15.6. The first kappa shape index (κ1) is 21.9. The molecule has 4 rings (SSSR count). The molecule has 3 heterocycles. The number of pyridine rings is 1. The molecule has 0 saturated carbocycles. The van der Waals surface area contributed by atoms with Crippen molar-refractivity contribution in [2.75, 3.05) is 31.3 Å². The highest BCUT2D eigenvalue weighted by Crippen LogP contribution is 2.38. The maximum Gasteiger partial charge on any atom is 0.387 e. The molecule has 0 atom stereocenters. The second kappa shape index (κ2) is 10.3. The van der Waals surface area contributed by atoms with Crippen LogP contribution < -0.4 is 29.7 Å². The Morgan fingerprint density at radius 2 is 1.97 bits per heavy atom. The summed E-state index contributed by atoms with van der Waals surface area (Å²) in [6.07, 6.45) is 4.25. The number of anilines is 1. The molecule has 0 unspecified atom stereocenters. The molecule has 2 aromatic rings. The number of halogens is 2. The molecule has 1 aromatic carbocycles. The summed E-state index contributed by atoms with van der Waals surface area (Å²) in [5.74, 6) is 2.46. The lowest BCUT2D eigenvalue weighted by molar-refractivity contribution is -0.0505. The molecule has 0 spiro atoms. The lowest BCUT2D eigenvalue weighted by atomic mass is 10.1. The van der Waals surface area contributed by atoms with E-state index in [4.69, 9.17) is 9.47 Å². The number of nitrogens with zero attached hydrogens (tertiary/aromatic N) is 3. The molecule has 0 bridgehead atoms. The van der Waals surface area contributed by atoms with Gasteiger partial charge in [-0.05, 0) is 37.5 Å². The van der Waals surface area contributed by atoms with Crippen LogP contribution in [0.25, 0.3) is 0 Å². The molecule has 1 saturated heterocycles. The van der Waals surface area contributed by atoms with Crippen LogP contribution in [0.1, 0.15) is 30.9 Å². The fraction of sp³-hybridized carbons (Fsp3) is 0.455. The van der Waals surface area contributed by atoms with Crippen molar-refractivity contribution >= 4 is 11.8 Å². The van der Waals surface area contributed by atoms with E-state index in [1.807, 2.05) is 25.3 Å². The average molecular weight is 447 g/mol. The maximum atomic E-state index is 12.8. The second-order valence-corrected chi connectivity index (χ2v) is 7.46. The van der Waals surface area contributed by atoms with Crippen molar-refractivity contribution in [2.45, 2.75) is 39.5 Å². The topological polar surface area (TPSA) is 80.2 Å². The van der Waals surface area contributed by atoms with Crippen molar-refractivity contribution in [2.24, 2.45) is 4.99 Å². The molecule has 172 valence electrons. The zero-order valence-corrected chi connectivity index (χ0v) is 17.9. The van der Waals surface area contributed by atoms with E-state index in [0.29, 0.717) is 36.1 Å². The van der Waals surface area contributed by atoms with Gasteiger partial charge in [0.05, 0.1) is 6.54 Å². The highest BCUT2D eigenvalue weighted by molar-refractivity contribution is 5.79. The molecule has 2 N–H and O–H groups in total. The van der Waals surface area contributed by atoms with Crippen LogP contribution in [0, 0.1) is 0 Å². The van der Waals surface area contributed by atoms with Crippen LogP contribution in [-0.4, -0.2) is 44.0 Å². The molecular formula is C22H27F2N5O3. The van der Waals surface area contributed by atoms with Gasteiger partial charge in [-0.2, -0.15) is 8.78 Å². The fourth-order valence-corrected chi connectivity index (χ4v) is 3.64. The molecule has 10 heteroatoms. The number of aliphatic imine (C=N–C) groups is 1. The van der Waals surface area contributed by atoms with E-state index in [2.05, 4.69) is 30.2 Å². The third kappa shape index (κ3) is 5.49. The maximum absolute atomic E-state index is 12.8. The number of alkyl halides is 2. The Kier molecular flexibility index (Phi) is 7.08. The van der Waals surface area contributed by atoms with Crippen LogP contribution in [0.5, 0.6) is 17.2 Å². The van der Waals surface area contributed by atoms with Gasteiger partial charge in [-0.1, -0.05) is 6.07 Å². The molecule has 1 aromatic heterocycles. The summed E-state index contributed by atoms with van der Waals surface area (Å²) < 4.78 is 41.0. The normalized spacial score (nSPS) is 15.4. The monoisotopic (exact) mass is 447 g/mol. The van der Waals surface area contributed by atoms with Gasteiger partial charge in [-0.3, -0.25) is 0 Å². The SMILES string of the molecule is CCNC(=NCc1ccc(N2CCCC2)nc1)NCc1cc2c(cc1OC(F)F)OCO2. The van der Waals surface area contributed by atoms with E-state index in [1.165, 1.54) is 18.9 Å². The molecule has 2 aliphatic rings. The molecule has 0 amide bonds. The molecular weight excluding hydrogens is 420 g/mol. The summed E-state index contributed by atoms with van der Waals surface area (Å²) in [5, 5.41) is 6.31. The molecule has 2 aliphatic heterocycles. The van der Waals surface area contributed by atoms with Crippen LogP contribution in [0.2, 0.25) is 0 Å². The number of rotatable bonds is 8. The largest absolute Gasteiger partial charge is 0.454 e. The lowest BCUT2D eigenvalue weighted by Crippen LogP contribution is -2.36. The smallest absolute Gasteiger partial charge is 0.387 e. The minimum Gasteiger partial charge on any atom is -0.454 e. The van der Waals surface area contributed by atoms with Crippen LogP contribution in [0.3, 0.4) is 0 Å². The van der Waals surface area contributed by atoms with Crippen molar-refractivity contribution in [3.8, 4) is 17.2 Å². The van der Waals surface area contributed by atoms with E-state index in [9.17, 15) is 8.78 Å². The molecule has 8 nitrogen and oxygen atoms in total. The number of guanidine groups is 1. The summed E-state index contributed by atoms with van der Waals surface area (Å²) in [5.41, 5.74) is 1.49. The van der Waals surface area contributed by atoms with Crippen molar-refractivity contribution in [3.63, 3.8) is 0 Å². The van der Waals surface area contributed by atoms with E-state index < -0.39 is 6.61 Å². The van der Waals surface area contributed by atoms with E-state index >= 15 is 0 Å². The van der Waals surface area contributed by atoms with Gasteiger partial charge in [0.15, 0.2) is 17.5 Å². The Balaban J connectivity index is 1.41. The zero-order valence-electron chi connectivity index (χ0n) is 17.9. The molecule has 32 heavy (non-hydrogen) atoms. The van der Waals surface area contributed by atoms with Gasteiger partial charge in [-0.15, -0.1) is 0 Å². The lowest BCUT2D eigenvalue weighted by Gasteiger charge is -2.16. The molecule has 0 aliphatic carbocycles. The number of hydrogen-bond donors (Lipinski definition) is 2. The molecule has 1 fully saturated rings. The van der Waals surface area contributed by atoms with Gasteiger partial charge in [-0.25, -0.2) is 9.98 Å². The van der Waals surface area contributed by atoms with E-state index in [0.717, 1.165) is 24.5 Å². The van der Waals surface area contributed by atoms with Crippen molar-refractivity contribution < 1.29 is 23.0 Å². The third-order valence-corrected chi connectivity index (χ3v) is 5.22. The van der Waals surface area contributed by atoms with Crippen molar-refractivity contribution in [1.29, 1.82) is 0 Å². The Bertz CT molecular complexity index is 934. The first-order valence-corrected chi connectivity index (χ1v) is 10.7. The summed E-state index contributed by atoms with van der Waals surface area (Å²) in [6, 6.07) is 7.11. The van der Waals surface area contributed by atoms with Crippen molar-refractivity contribution in [1.82, 2.24) is 15.6 Å². The van der Waals surface area contributed by atoms with Crippen LogP contribution >= 0.6 is 0 Å². The predicted octanol–water partition coefficient (Wildman–Crippen LogP) is 3.27. The van der Waals surface area contributed by atoms with E-state index in [-0.39, 0.29) is 19.1 Å². The summed E-state index contributed by atoms with van der Waals surface area (Å²) in [6.45, 7) is 2.48. The number of hydrogen-bond acceptors (Lipinski definition) is 6. The van der Waals surface area contributed by atoms with E-state index in [1.54, 1.807) is 6.07 Å². The van der Waals surface area contributed by atoms with Gasteiger partial charge in [0.25, 0.3) is 0 Å². The quantitative estimate of drug-likeness (QED) is 0.475. The number of ether oxygens (including phenoxy) is 3. The van der Waals surface area contributed by atoms with Crippen LogP contribution in [-0.2, 0) is 13.1 Å². The standard InChI is InChI=1S/C22H27F2N5O3/c1-2-25-22(27-12-15-5-6-20(26-11-15)29-7-3-4-8-29)28-13-16-9-18-19(31-14-30-18)10-17(16)32-21(23)24/h5-6,9-11,21H,2-4,7-8,12-14H2,1H3,(H2,25,27,28). The number of nitrogens with one attached hydrogen (secondary N) is 2. The average Bonchev–Trinajstić information content (AvgIpc) is 3.47. The summed E-state index contributed by atoms with van der Waals surface area (Å²) in [7, 11) is 0. The number of aromatic nitrogens is 1. The fourth-order valence-electron chi connectivity index (χ4n) is 3.64. The zero-order chi connectivity index (χ0) is 22.3. The Morgan fingerprint density at radius 3 is 2.66 bits per heavy atom. The summed E-state index contributed by atoms with van der Waals surface area (Å²) >= 11 is 0. The molecule has 0 radical (unpaired) electrons. The highest BCUT2D eigenvalue weighted by atomic mass is 19.3. The number of benzene rings is 1. The minimum absolute atomic E-state index is 0.0364. The Hall–Kier alpha value is -3.30. The first-order valence-electron chi connectivity index (χ1n) is 10.7. The third-order valence-electron chi connectivity index (χ3n) is 5.22. The van der Waals surface area contributed by atoms with Gasteiger partial charge >= 0.3 is 6.61 Å². The number of fused-ring (bicyclic) bond motifs is 1. The van der Waals surface area contributed by atoms with Gasteiger partial charge in [0.1, 0.15) is 11.6 Å². The van der Waals surface area contributed by atoms with Gasteiger partial charge < -0.3 is 29.7 Å². The second-order valence-electron chi connectivity index (χ2n) is 7.46. The highest BCUT2D eigenvalue weighted by Gasteiger charge is 2.20. The Morgan fingerprint density at radius 1 is 1.19 bits per heavy atom. The van der Waals surface area contributed by atoms with Gasteiger partial charge in [0.2, 0.25) is 6.79 Å². The van der Waals surface area contributed by atoms with Crippen LogP contribution in [0.15, 0.2) is 35.5 Å². The summed E-state index contributed by atoms with van der Waals surface area (Å²) in [4.78, 5) is 11.4.